The van der Waals surface area contributed by atoms with E-state index in [-0.39, 0.29) is 23.7 Å². The van der Waals surface area contributed by atoms with E-state index in [1.54, 1.807) is 7.11 Å². The number of aliphatic hydroxyl groups excluding tert-OH is 1. The molecule has 0 amide bonds. The van der Waals surface area contributed by atoms with Crippen molar-refractivity contribution < 1.29 is 14.6 Å². The predicted octanol–water partition coefficient (Wildman–Crippen LogP) is 3.89. The lowest BCUT2D eigenvalue weighted by Crippen LogP contribution is -2.30. The van der Waals surface area contributed by atoms with Crippen LogP contribution in [0.5, 0.6) is 0 Å². The van der Waals surface area contributed by atoms with Gasteiger partial charge in [-0.3, -0.25) is 4.79 Å². The highest BCUT2D eigenvalue weighted by atomic mass is 16.5. The fourth-order valence-electron chi connectivity index (χ4n) is 4.29. The number of carbonyl (C=O) groups excluding carboxylic acids is 1. The van der Waals surface area contributed by atoms with Crippen molar-refractivity contribution in [2.45, 2.75) is 46.1 Å². The van der Waals surface area contributed by atoms with Crippen LogP contribution in [0.1, 0.15) is 41.5 Å². The molecule has 0 saturated heterocycles. The Labute approximate surface area is 132 Å². The molecule has 1 N–H and O–H groups in total. The first-order chi connectivity index (χ1) is 10.4. The van der Waals surface area contributed by atoms with Crippen LogP contribution in [0.3, 0.4) is 0 Å². The van der Waals surface area contributed by atoms with Gasteiger partial charge < -0.3 is 9.84 Å². The summed E-state index contributed by atoms with van der Waals surface area (Å²) in [5.74, 6) is 0.265. The van der Waals surface area contributed by atoms with E-state index in [1.165, 1.54) is 5.56 Å². The maximum atomic E-state index is 12.9. The maximum absolute atomic E-state index is 12.9. The monoisotopic (exact) mass is 300 g/mol. The number of methoxy groups -OCH3 is 1. The highest BCUT2D eigenvalue weighted by molar-refractivity contribution is 6.25. The third kappa shape index (κ3) is 2.28. The lowest BCUT2D eigenvalue weighted by molar-refractivity contribution is -0.120. The summed E-state index contributed by atoms with van der Waals surface area (Å²) in [5, 5.41) is 10.7. The van der Waals surface area contributed by atoms with Gasteiger partial charge in [-0.15, -0.1) is 0 Å². The van der Waals surface area contributed by atoms with Crippen LogP contribution < -0.4 is 0 Å². The first-order valence-electron chi connectivity index (χ1n) is 8.02. The van der Waals surface area contributed by atoms with Gasteiger partial charge in [0.2, 0.25) is 0 Å². The lowest BCUT2D eigenvalue weighted by Gasteiger charge is -2.30. The Kier molecular flexibility index (Phi) is 3.85. The van der Waals surface area contributed by atoms with E-state index in [0.29, 0.717) is 11.3 Å². The van der Waals surface area contributed by atoms with Gasteiger partial charge in [-0.05, 0) is 56.7 Å². The third-order valence-electron chi connectivity index (χ3n) is 5.25. The van der Waals surface area contributed by atoms with E-state index in [1.807, 2.05) is 13.8 Å². The normalized spacial score (nSPS) is 28.2. The van der Waals surface area contributed by atoms with Crippen molar-refractivity contribution in [3.8, 4) is 0 Å². The first-order valence-corrected chi connectivity index (χ1v) is 8.02. The molecule has 0 heterocycles. The highest BCUT2D eigenvalue weighted by Crippen LogP contribution is 2.47. The Hall–Kier alpha value is -1.61. The molecule has 1 fully saturated rings. The number of Topliss-reactive ketones (excluding diaryl/α,β-unsaturated/α-hetero) is 1. The van der Waals surface area contributed by atoms with Crippen LogP contribution in [0.25, 0.3) is 5.57 Å². The molecule has 3 rings (SSSR count). The fraction of sp³-hybridized carbons (Fsp3) is 0.526. The van der Waals surface area contributed by atoms with Crippen molar-refractivity contribution in [1.82, 2.24) is 0 Å². The molecule has 0 radical (unpaired) electrons. The number of aliphatic hydroxyl groups is 1. The number of ketones is 1. The van der Waals surface area contributed by atoms with Gasteiger partial charge in [-0.25, -0.2) is 0 Å². The molecule has 0 bridgehead atoms. The summed E-state index contributed by atoms with van der Waals surface area (Å²) in [6, 6.07) is 4.16. The SMILES string of the molecule is COC1CCC2C(O)=C(c3c(C)cc(C)cc3C)C(=O)C2C1. The van der Waals surface area contributed by atoms with Crippen LogP contribution >= 0.6 is 0 Å². The minimum Gasteiger partial charge on any atom is -0.511 e. The Morgan fingerprint density at radius 1 is 1.09 bits per heavy atom. The van der Waals surface area contributed by atoms with E-state index in [2.05, 4.69) is 19.1 Å². The summed E-state index contributed by atoms with van der Waals surface area (Å²) in [4.78, 5) is 12.9. The molecule has 3 nitrogen and oxygen atoms in total. The fourth-order valence-corrected chi connectivity index (χ4v) is 4.29. The minimum absolute atomic E-state index is 0.0194. The zero-order chi connectivity index (χ0) is 16.0. The number of hydrogen-bond donors (Lipinski definition) is 1. The van der Waals surface area contributed by atoms with E-state index in [0.717, 1.165) is 36.0 Å². The van der Waals surface area contributed by atoms with Crippen molar-refractivity contribution >= 4 is 11.4 Å². The van der Waals surface area contributed by atoms with Gasteiger partial charge in [0, 0.05) is 18.9 Å². The van der Waals surface area contributed by atoms with Gasteiger partial charge in [-0.2, -0.15) is 0 Å². The molecule has 3 heteroatoms. The molecule has 1 aromatic carbocycles. The second kappa shape index (κ2) is 5.54. The van der Waals surface area contributed by atoms with Crippen molar-refractivity contribution in [3.05, 3.63) is 40.1 Å². The van der Waals surface area contributed by atoms with Gasteiger partial charge in [0.1, 0.15) is 5.76 Å². The quantitative estimate of drug-likeness (QED) is 0.901. The van der Waals surface area contributed by atoms with Crippen LogP contribution in [0.4, 0.5) is 0 Å². The summed E-state index contributed by atoms with van der Waals surface area (Å²) in [5.41, 5.74) is 4.79. The van der Waals surface area contributed by atoms with Gasteiger partial charge in [-0.1, -0.05) is 17.7 Å². The van der Waals surface area contributed by atoms with Crippen molar-refractivity contribution in [1.29, 1.82) is 0 Å². The molecule has 0 spiro atoms. The molecule has 0 aromatic heterocycles. The molecule has 118 valence electrons. The van der Waals surface area contributed by atoms with Crippen LogP contribution in [0, 0.1) is 32.6 Å². The number of carbonyl (C=O) groups is 1. The Morgan fingerprint density at radius 2 is 1.73 bits per heavy atom. The number of aryl methyl sites for hydroxylation is 3. The molecule has 1 saturated carbocycles. The summed E-state index contributed by atoms with van der Waals surface area (Å²) in [6.07, 6.45) is 2.59. The highest BCUT2D eigenvalue weighted by Gasteiger charge is 2.46. The minimum atomic E-state index is -0.117. The number of allylic oxidation sites excluding steroid dienone is 2. The number of hydrogen-bond acceptors (Lipinski definition) is 3. The number of rotatable bonds is 2. The molecule has 2 aliphatic rings. The van der Waals surface area contributed by atoms with Crippen LogP contribution in [-0.4, -0.2) is 24.1 Å². The Balaban J connectivity index is 2.05. The third-order valence-corrected chi connectivity index (χ3v) is 5.25. The van der Waals surface area contributed by atoms with E-state index < -0.39 is 0 Å². The first kappa shape index (κ1) is 15.3. The van der Waals surface area contributed by atoms with Crippen molar-refractivity contribution in [3.63, 3.8) is 0 Å². The van der Waals surface area contributed by atoms with E-state index in [9.17, 15) is 9.90 Å². The molecule has 3 atom stereocenters. The molecule has 1 aromatic rings. The molecular formula is C19H24O3. The van der Waals surface area contributed by atoms with Crippen molar-refractivity contribution in [2.75, 3.05) is 7.11 Å². The van der Waals surface area contributed by atoms with Gasteiger partial charge >= 0.3 is 0 Å². The zero-order valence-corrected chi connectivity index (χ0v) is 13.8. The van der Waals surface area contributed by atoms with Crippen molar-refractivity contribution in [2.24, 2.45) is 11.8 Å². The predicted molar refractivity (Wildman–Crippen MR) is 86.8 cm³/mol. The van der Waals surface area contributed by atoms with Crippen LogP contribution in [0.15, 0.2) is 17.9 Å². The average Bonchev–Trinajstić information content (AvgIpc) is 2.71. The second-order valence-corrected chi connectivity index (χ2v) is 6.78. The topological polar surface area (TPSA) is 46.5 Å². The molecule has 2 aliphatic carbocycles. The van der Waals surface area contributed by atoms with E-state index >= 15 is 0 Å². The lowest BCUT2D eigenvalue weighted by atomic mass is 9.78. The summed E-state index contributed by atoms with van der Waals surface area (Å²) in [7, 11) is 1.70. The van der Waals surface area contributed by atoms with Gasteiger partial charge in [0.15, 0.2) is 5.78 Å². The summed E-state index contributed by atoms with van der Waals surface area (Å²) < 4.78 is 5.43. The van der Waals surface area contributed by atoms with E-state index in [4.69, 9.17) is 4.74 Å². The zero-order valence-electron chi connectivity index (χ0n) is 13.8. The summed E-state index contributed by atoms with van der Waals surface area (Å²) >= 11 is 0. The molecule has 22 heavy (non-hydrogen) atoms. The Bertz CT molecular complexity index is 634. The number of ether oxygens (including phenoxy) is 1. The largest absolute Gasteiger partial charge is 0.511 e. The van der Waals surface area contributed by atoms with Crippen LogP contribution in [0.2, 0.25) is 0 Å². The average molecular weight is 300 g/mol. The van der Waals surface area contributed by atoms with Crippen LogP contribution in [-0.2, 0) is 9.53 Å². The molecule has 3 unspecified atom stereocenters. The van der Waals surface area contributed by atoms with Gasteiger partial charge in [0.05, 0.1) is 11.7 Å². The summed E-state index contributed by atoms with van der Waals surface area (Å²) in [6.45, 7) is 6.09. The standard InChI is InChI=1S/C19H24O3/c1-10-7-11(2)16(12(3)8-10)17-18(20)14-6-5-13(22-4)9-15(14)19(17)21/h7-8,13-15,20H,5-6,9H2,1-4H3. The Morgan fingerprint density at radius 3 is 2.32 bits per heavy atom. The second-order valence-electron chi connectivity index (χ2n) is 6.78. The molecule has 0 aliphatic heterocycles. The molecular weight excluding hydrogens is 276 g/mol. The van der Waals surface area contributed by atoms with Gasteiger partial charge in [0.25, 0.3) is 0 Å². The maximum Gasteiger partial charge on any atom is 0.170 e. The number of benzene rings is 1. The smallest absolute Gasteiger partial charge is 0.170 e. The number of fused-ring (bicyclic) bond motifs is 1.